The summed E-state index contributed by atoms with van der Waals surface area (Å²) in [5, 5.41) is 10.9. The molecule has 0 bridgehead atoms. The number of benzene rings is 2. The summed E-state index contributed by atoms with van der Waals surface area (Å²) >= 11 is 0. The molecule has 0 aromatic heterocycles. The van der Waals surface area contributed by atoms with Crippen LogP contribution in [0.3, 0.4) is 0 Å². The molecular formula is C24H28N4O4. The lowest BCUT2D eigenvalue weighted by molar-refractivity contribution is -0.125. The van der Waals surface area contributed by atoms with E-state index in [1.54, 1.807) is 62.6 Å². The van der Waals surface area contributed by atoms with Crippen molar-refractivity contribution in [2.45, 2.75) is 25.7 Å². The average Bonchev–Trinajstić information content (AvgIpc) is 2.84. The number of rotatable bonds is 6. The molecule has 4 amide bonds. The van der Waals surface area contributed by atoms with Crippen molar-refractivity contribution in [2.24, 2.45) is 11.8 Å². The summed E-state index contributed by atoms with van der Waals surface area (Å²) in [4.78, 5) is 48.4. The van der Waals surface area contributed by atoms with Gasteiger partial charge in [0, 0.05) is 48.4 Å². The molecule has 0 radical (unpaired) electrons. The third-order valence-corrected chi connectivity index (χ3v) is 5.75. The molecule has 1 saturated carbocycles. The van der Waals surface area contributed by atoms with Crippen LogP contribution in [0.4, 0.5) is 11.4 Å². The molecule has 0 spiro atoms. The minimum atomic E-state index is -0.179. The van der Waals surface area contributed by atoms with Crippen molar-refractivity contribution in [3.05, 3.63) is 59.7 Å². The number of carbonyl (C=O) groups excluding carboxylic acids is 4. The predicted octanol–water partition coefficient (Wildman–Crippen LogP) is 2.79. The van der Waals surface area contributed by atoms with E-state index in [-0.39, 0.29) is 35.5 Å². The van der Waals surface area contributed by atoms with Crippen molar-refractivity contribution in [2.75, 3.05) is 24.7 Å². The van der Waals surface area contributed by atoms with Crippen LogP contribution in [0, 0.1) is 11.8 Å². The lowest BCUT2D eigenvalue weighted by Crippen LogP contribution is -2.32. The molecule has 0 heterocycles. The maximum Gasteiger partial charge on any atom is 0.251 e. The van der Waals surface area contributed by atoms with E-state index in [2.05, 4.69) is 21.3 Å². The highest BCUT2D eigenvalue weighted by Crippen LogP contribution is 2.30. The Morgan fingerprint density at radius 3 is 1.19 bits per heavy atom. The summed E-state index contributed by atoms with van der Waals surface area (Å²) in [6.07, 6.45) is 2.54. The van der Waals surface area contributed by atoms with Gasteiger partial charge in [-0.25, -0.2) is 0 Å². The Morgan fingerprint density at radius 2 is 0.906 bits per heavy atom. The summed E-state index contributed by atoms with van der Waals surface area (Å²) in [7, 11) is 3.13. The quantitative estimate of drug-likeness (QED) is 0.557. The molecule has 4 N–H and O–H groups in total. The van der Waals surface area contributed by atoms with Crippen molar-refractivity contribution in [3.8, 4) is 0 Å². The number of carbonyl (C=O) groups is 4. The lowest BCUT2D eigenvalue weighted by Gasteiger charge is -2.27. The topological polar surface area (TPSA) is 116 Å². The highest BCUT2D eigenvalue weighted by molar-refractivity contribution is 5.97. The van der Waals surface area contributed by atoms with E-state index < -0.39 is 0 Å². The maximum atomic E-state index is 12.6. The van der Waals surface area contributed by atoms with Gasteiger partial charge in [-0.05, 0) is 74.2 Å². The third kappa shape index (κ3) is 5.72. The minimum absolute atomic E-state index is 0.0682. The maximum absolute atomic E-state index is 12.6. The minimum Gasteiger partial charge on any atom is -0.355 e. The van der Waals surface area contributed by atoms with Gasteiger partial charge in [0.15, 0.2) is 0 Å². The normalized spacial score (nSPS) is 17.7. The zero-order valence-electron chi connectivity index (χ0n) is 18.2. The van der Waals surface area contributed by atoms with Crippen molar-refractivity contribution < 1.29 is 19.2 Å². The molecule has 8 nitrogen and oxygen atoms in total. The fourth-order valence-electron chi connectivity index (χ4n) is 3.80. The standard InChI is InChI=1S/C24H28N4O4/c1-25-21(29)15-7-11-19(12-8-15)27-23(31)17-3-5-18(6-4-17)24(32)28-20-13-9-16(10-14-20)22(30)26-2/h7-14,17-18H,3-6H2,1-2H3,(H,25,29)(H,26,30)(H,27,31)(H,28,32). The number of hydrogen-bond acceptors (Lipinski definition) is 4. The molecule has 8 heteroatoms. The molecule has 1 fully saturated rings. The monoisotopic (exact) mass is 436 g/mol. The Labute approximate surface area is 187 Å². The van der Waals surface area contributed by atoms with Gasteiger partial charge in [-0.15, -0.1) is 0 Å². The predicted molar refractivity (Wildman–Crippen MR) is 122 cm³/mol. The summed E-state index contributed by atoms with van der Waals surface area (Å²) in [6, 6.07) is 13.5. The van der Waals surface area contributed by atoms with Crippen molar-refractivity contribution in [1.82, 2.24) is 10.6 Å². The van der Waals surface area contributed by atoms with Crippen LogP contribution in [-0.4, -0.2) is 37.7 Å². The van der Waals surface area contributed by atoms with Gasteiger partial charge >= 0.3 is 0 Å². The zero-order chi connectivity index (χ0) is 23.1. The molecule has 2 aromatic carbocycles. The van der Waals surface area contributed by atoms with Gasteiger partial charge in [-0.3, -0.25) is 19.2 Å². The van der Waals surface area contributed by atoms with E-state index in [1.165, 1.54) is 0 Å². The summed E-state index contributed by atoms with van der Waals surface area (Å²) < 4.78 is 0. The molecule has 0 atom stereocenters. The highest BCUT2D eigenvalue weighted by Gasteiger charge is 2.30. The Morgan fingerprint density at radius 1 is 0.594 bits per heavy atom. The molecule has 1 aliphatic rings. The van der Waals surface area contributed by atoms with E-state index in [9.17, 15) is 19.2 Å². The van der Waals surface area contributed by atoms with E-state index in [0.29, 0.717) is 48.2 Å². The number of amides is 4. The van der Waals surface area contributed by atoms with Crippen LogP contribution in [0.25, 0.3) is 0 Å². The molecule has 3 rings (SSSR count). The van der Waals surface area contributed by atoms with Gasteiger partial charge in [0.2, 0.25) is 11.8 Å². The van der Waals surface area contributed by atoms with Gasteiger partial charge < -0.3 is 21.3 Å². The molecule has 0 saturated heterocycles. The Bertz CT molecular complexity index is 897. The number of hydrogen-bond donors (Lipinski definition) is 4. The van der Waals surface area contributed by atoms with E-state index >= 15 is 0 Å². The fourth-order valence-corrected chi connectivity index (χ4v) is 3.80. The zero-order valence-corrected chi connectivity index (χ0v) is 18.2. The number of nitrogens with one attached hydrogen (secondary N) is 4. The third-order valence-electron chi connectivity index (χ3n) is 5.75. The lowest BCUT2D eigenvalue weighted by atomic mass is 9.81. The van der Waals surface area contributed by atoms with Crippen molar-refractivity contribution >= 4 is 35.0 Å². The second-order valence-corrected chi connectivity index (χ2v) is 7.84. The van der Waals surface area contributed by atoms with Crippen molar-refractivity contribution in [1.29, 1.82) is 0 Å². The van der Waals surface area contributed by atoms with Gasteiger partial charge in [-0.1, -0.05) is 0 Å². The van der Waals surface area contributed by atoms with Gasteiger partial charge in [-0.2, -0.15) is 0 Å². The van der Waals surface area contributed by atoms with Crippen LogP contribution in [0.5, 0.6) is 0 Å². The van der Waals surface area contributed by atoms with Gasteiger partial charge in [0.05, 0.1) is 0 Å². The summed E-state index contributed by atoms with van der Waals surface area (Å²) in [5.74, 6) is -0.791. The molecule has 1 aliphatic carbocycles. The van der Waals surface area contributed by atoms with Crippen LogP contribution in [0.2, 0.25) is 0 Å². The summed E-state index contributed by atoms with van der Waals surface area (Å²) in [6.45, 7) is 0. The molecule has 32 heavy (non-hydrogen) atoms. The second-order valence-electron chi connectivity index (χ2n) is 7.84. The van der Waals surface area contributed by atoms with E-state index in [0.717, 1.165) is 0 Å². The Hall–Kier alpha value is -3.68. The van der Waals surface area contributed by atoms with Crippen LogP contribution in [-0.2, 0) is 9.59 Å². The van der Waals surface area contributed by atoms with Crippen LogP contribution in [0.1, 0.15) is 46.4 Å². The Kier molecular flexibility index (Phi) is 7.59. The van der Waals surface area contributed by atoms with Gasteiger partial charge in [0.25, 0.3) is 11.8 Å². The van der Waals surface area contributed by atoms with Crippen LogP contribution >= 0.6 is 0 Å². The first kappa shape index (κ1) is 23.0. The highest BCUT2D eigenvalue weighted by atomic mass is 16.2. The molecule has 168 valence electrons. The molecule has 0 aliphatic heterocycles. The first-order valence-corrected chi connectivity index (χ1v) is 10.7. The van der Waals surface area contributed by atoms with E-state index in [1.807, 2.05) is 0 Å². The second kappa shape index (κ2) is 10.6. The SMILES string of the molecule is CNC(=O)c1ccc(NC(=O)C2CCC(C(=O)Nc3ccc(C(=O)NC)cc3)CC2)cc1. The van der Waals surface area contributed by atoms with Crippen LogP contribution in [0.15, 0.2) is 48.5 Å². The summed E-state index contributed by atoms with van der Waals surface area (Å²) in [5.41, 5.74) is 2.34. The average molecular weight is 437 g/mol. The molecular weight excluding hydrogens is 408 g/mol. The first-order chi connectivity index (χ1) is 15.4. The first-order valence-electron chi connectivity index (χ1n) is 10.7. The Balaban J connectivity index is 1.47. The number of anilines is 2. The fraction of sp³-hybridized carbons (Fsp3) is 0.333. The van der Waals surface area contributed by atoms with Crippen LogP contribution < -0.4 is 21.3 Å². The van der Waals surface area contributed by atoms with Gasteiger partial charge in [0.1, 0.15) is 0 Å². The van der Waals surface area contributed by atoms with E-state index in [4.69, 9.17) is 0 Å². The molecule has 2 aromatic rings. The molecule has 0 unspecified atom stereocenters. The smallest absolute Gasteiger partial charge is 0.251 e. The largest absolute Gasteiger partial charge is 0.355 e. The van der Waals surface area contributed by atoms with Crippen molar-refractivity contribution in [3.63, 3.8) is 0 Å².